The van der Waals surface area contributed by atoms with Crippen molar-refractivity contribution in [1.82, 2.24) is 15.0 Å². The average Bonchev–Trinajstić information content (AvgIpc) is 3.05. The summed E-state index contributed by atoms with van der Waals surface area (Å²) in [4.78, 5) is 17.6. The molecule has 0 unspecified atom stereocenters. The van der Waals surface area contributed by atoms with Crippen molar-refractivity contribution in [2.24, 2.45) is 5.92 Å². The van der Waals surface area contributed by atoms with Crippen LogP contribution in [0, 0.1) is 19.8 Å². The highest BCUT2D eigenvalue weighted by atomic mass is 16.5. The molecule has 1 atom stereocenters. The molecule has 5 nitrogen and oxygen atoms in total. The van der Waals surface area contributed by atoms with Gasteiger partial charge < -0.3 is 14.3 Å². The number of rotatable bonds is 4. The number of aryl methyl sites for hydroxylation is 2. The number of likely N-dealkylation sites (tertiary alicyclic amines) is 2. The number of nitrogens with zero attached hydrogens (tertiary/aromatic N) is 3. The molecule has 2 aliphatic heterocycles. The molecule has 0 aromatic carbocycles. The third-order valence-corrected chi connectivity index (χ3v) is 7.43. The Morgan fingerprint density at radius 2 is 1.89 bits per heavy atom. The van der Waals surface area contributed by atoms with E-state index >= 15 is 0 Å². The van der Waals surface area contributed by atoms with Crippen molar-refractivity contribution >= 4 is 5.91 Å². The zero-order valence-electron chi connectivity index (χ0n) is 17.1. The summed E-state index contributed by atoms with van der Waals surface area (Å²) in [6, 6.07) is 0. The van der Waals surface area contributed by atoms with E-state index in [1.54, 1.807) is 0 Å². The molecule has 2 saturated heterocycles. The van der Waals surface area contributed by atoms with E-state index < -0.39 is 0 Å². The minimum absolute atomic E-state index is 0.0501. The van der Waals surface area contributed by atoms with Crippen LogP contribution in [0.3, 0.4) is 0 Å². The average molecular weight is 374 g/mol. The highest BCUT2D eigenvalue weighted by molar-refractivity contribution is 5.79. The van der Waals surface area contributed by atoms with Crippen LogP contribution in [0.2, 0.25) is 0 Å². The number of hydrogen-bond acceptors (Lipinski definition) is 4. The van der Waals surface area contributed by atoms with E-state index in [4.69, 9.17) is 4.52 Å². The SMILES string of the molecule is Cc1noc(C)c1CN1C(=O)CC[C@]12CCCN(CC1CCCCC1)CC2. The van der Waals surface area contributed by atoms with E-state index in [1.165, 1.54) is 51.6 Å². The van der Waals surface area contributed by atoms with Gasteiger partial charge in [-0.2, -0.15) is 0 Å². The molecule has 1 aromatic heterocycles. The van der Waals surface area contributed by atoms with Gasteiger partial charge in [-0.1, -0.05) is 24.4 Å². The lowest BCUT2D eigenvalue weighted by atomic mass is 9.87. The monoisotopic (exact) mass is 373 g/mol. The molecule has 4 rings (SSSR count). The van der Waals surface area contributed by atoms with E-state index in [9.17, 15) is 4.79 Å². The van der Waals surface area contributed by atoms with Crippen LogP contribution in [0.4, 0.5) is 0 Å². The lowest BCUT2D eigenvalue weighted by molar-refractivity contribution is -0.132. The summed E-state index contributed by atoms with van der Waals surface area (Å²) < 4.78 is 5.35. The van der Waals surface area contributed by atoms with Crippen molar-refractivity contribution in [1.29, 1.82) is 0 Å². The van der Waals surface area contributed by atoms with Gasteiger partial charge in [-0.3, -0.25) is 4.79 Å². The largest absolute Gasteiger partial charge is 0.361 e. The molecule has 27 heavy (non-hydrogen) atoms. The first kappa shape index (κ1) is 19.0. The van der Waals surface area contributed by atoms with Crippen molar-refractivity contribution in [2.45, 2.75) is 90.1 Å². The predicted octanol–water partition coefficient (Wildman–Crippen LogP) is 4.22. The summed E-state index contributed by atoms with van der Waals surface area (Å²) in [5.41, 5.74) is 2.08. The van der Waals surface area contributed by atoms with E-state index in [0.29, 0.717) is 18.9 Å². The van der Waals surface area contributed by atoms with Crippen LogP contribution >= 0.6 is 0 Å². The summed E-state index contributed by atoms with van der Waals surface area (Å²) >= 11 is 0. The summed E-state index contributed by atoms with van der Waals surface area (Å²) in [5, 5.41) is 4.09. The standard InChI is InChI=1S/C22H35N3O2/c1-17-20(18(2)27-23-17)16-25-21(26)9-11-22(25)10-6-13-24(14-12-22)15-19-7-4-3-5-8-19/h19H,3-16H2,1-2H3/t22-/m0/s1. The van der Waals surface area contributed by atoms with E-state index in [0.717, 1.165) is 48.7 Å². The highest BCUT2D eigenvalue weighted by Crippen LogP contribution is 2.41. The first-order chi connectivity index (χ1) is 13.1. The number of carbonyl (C=O) groups excluding carboxylic acids is 1. The van der Waals surface area contributed by atoms with E-state index in [-0.39, 0.29) is 5.54 Å². The number of carbonyl (C=O) groups is 1. The molecule has 3 heterocycles. The number of amides is 1. The fourth-order valence-electron chi connectivity index (χ4n) is 5.69. The van der Waals surface area contributed by atoms with Gasteiger partial charge in [0, 0.05) is 30.6 Å². The summed E-state index contributed by atoms with van der Waals surface area (Å²) in [6.07, 6.45) is 12.3. The van der Waals surface area contributed by atoms with E-state index in [2.05, 4.69) is 15.0 Å². The van der Waals surface area contributed by atoms with Gasteiger partial charge in [0.25, 0.3) is 0 Å². The van der Waals surface area contributed by atoms with E-state index in [1.807, 2.05) is 13.8 Å². The Hall–Kier alpha value is -1.36. The second-order valence-corrected chi connectivity index (χ2v) is 9.17. The Balaban J connectivity index is 1.44. The minimum atomic E-state index is 0.0501. The first-order valence-electron chi connectivity index (χ1n) is 11.0. The van der Waals surface area contributed by atoms with Gasteiger partial charge in [-0.15, -0.1) is 0 Å². The molecule has 1 spiro atoms. The van der Waals surface area contributed by atoms with Crippen LogP contribution < -0.4 is 0 Å². The molecule has 0 N–H and O–H groups in total. The molecule has 150 valence electrons. The maximum atomic E-state index is 12.8. The number of hydrogen-bond donors (Lipinski definition) is 0. The summed E-state index contributed by atoms with van der Waals surface area (Å²) in [7, 11) is 0. The third-order valence-electron chi connectivity index (χ3n) is 7.43. The second kappa shape index (κ2) is 7.94. The maximum absolute atomic E-state index is 12.8. The van der Waals surface area contributed by atoms with Crippen molar-refractivity contribution in [3.63, 3.8) is 0 Å². The van der Waals surface area contributed by atoms with Crippen LogP contribution in [0.25, 0.3) is 0 Å². The van der Waals surface area contributed by atoms with Gasteiger partial charge in [0.05, 0.1) is 12.2 Å². The number of aromatic nitrogens is 1. The lowest BCUT2D eigenvalue weighted by Crippen LogP contribution is -2.46. The van der Waals surface area contributed by atoms with Gasteiger partial charge >= 0.3 is 0 Å². The topological polar surface area (TPSA) is 49.6 Å². The van der Waals surface area contributed by atoms with Gasteiger partial charge in [-0.05, 0) is 64.8 Å². The summed E-state index contributed by atoms with van der Waals surface area (Å²) in [6.45, 7) is 8.23. The molecular formula is C22H35N3O2. The third kappa shape index (κ3) is 3.94. The molecule has 1 amide bonds. The Morgan fingerprint density at radius 1 is 1.07 bits per heavy atom. The quantitative estimate of drug-likeness (QED) is 0.793. The molecule has 3 aliphatic rings. The molecule has 1 aromatic rings. The Labute approximate surface area is 163 Å². The Bertz CT molecular complexity index is 645. The second-order valence-electron chi connectivity index (χ2n) is 9.17. The molecule has 3 fully saturated rings. The molecule has 1 aliphatic carbocycles. The fraction of sp³-hybridized carbons (Fsp3) is 0.818. The fourth-order valence-corrected chi connectivity index (χ4v) is 5.69. The smallest absolute Gasteiger partial charge is 0.223 e. The molecule has 5 heteroatoms. The first-order valence-corrected chi connectivity index (χ1v) is 11.0. The zero-order chi connectivity index (χ0) is 18.9. The predicted molar refractivity (Wildman–Crippen MR) is 105 cm³/mol. The molecule has 0 radical (unpaired) electrons. The lowest BCUT2D eigenvalue weighted by Gasteiger charge is -2.38. The van der Waals surface area contributed by atoms with Crippen molar-refractivity contribution in [3.8, 4) is 0 Å². The van der Waals surface area contributed by atoms with Crippen molar-refractivity contribution < 1.29 is 9.32 Å². The summed E-state index contributed by atoms with van der Waals surface area (Å²) in [5.74, 6) is 2.07. The van der Waals surface area contributed by atoms with Gasteiger partial charge in [0.2, 0.25) is 5.91 Å². The minimum Gasteiger partial charge on any atom is -0.361 e. The van der Waals surface area contributed by atoms with Gasteiger partial charge in [0.1, 0.15) is 5.76 Å². The van der Waals surface area contributed by atoms with Crippen molar-refractivity contribution in [2.75, 3.05) is 19.6 Å². The van der Waals surface area contributed by atoms with Gasteiger partial charge in [0.15, 0.2) is 0 Å². The van der Waals surface area contributed by atoms with Crippen LogP contribution in [-0.4, -0.2) is 46.0 Å². The zero-order valence-corrected chi connectivity index (χ0v) is 17.1. The Kier molecular flexibility index (Phi) is 5.58. The van der Waals surface area contributed by atoms with Crippen LogP contribution in [0.1, 0.15) is 81.2 Å². The van der Waals surface area contributed by atoms with Gasteiger partial charge in [-0.25, -0.2) is 0 Å². The molecule has 1 saturated carbocycles. The van der Waals surface area contributed by atoms with Crippen LogP contribution in [0.15, 0.2) is 4.52 Å². The highest BCUT2D eigenvalue weighted by Gasteiger charge is 2.46. The molecular weight excluding hydrogens is 338 g/mol. The van der Waals surface area contributed by atoms with Crippen LogP contribution in [-0.2, 0) is 11.3 Å². The Morgan fingerprint density at radius 3 is 2.63 bits per heavy atom. The van der Waals surface area contributed by atoms with Crippen molar-refractivity contribution in [3.05, 3.63) is 17.0 Å². The molecule has 0 bridgehead atoms. The normalized spacial score (nSPS) is 28.2. The van der Waals surface area contributed by atoms with Crippen LogP contribution in [0.5, 0.6) is 0 Å². The maximum Gasteiger partial charge on any atom is 0.223 e.